The minimum atomic E-state index is -0.141. The van der Waals surface area contributed by atoms with Gasteiger partial charge in [0.1, 0.15) is 0 Å². The molecular weight excluding hydrogens is 264 g/mol. The van der Waals surface area contributed by atoms with E-state index in [0.29, 0.717) is 19.1 Å². The fourth-order valence-corrected chi connectivity index (χ4v) is 2.82. The van der Waals surface area contributed by atoms with E-state index in [-0.39, 0.29) is 11.4 Å². The van der Waals surface area contributed by atoms with Crippen LogP contribution in [0.4, 0.5) is 0 Å². The van der Waals surface area contributed by atoms with Crippen LogP contribution in [0.25, 0.3) is 0 Å². The van der Waals surface area contributed by atoms with Gasteiger partial charge in [0.15, 0.2) is 0 Å². The average Bonchev–Trinajstić information content (AvgIpc) is 2.47. The van der Waals surface area contributed by atoms with E-state index >= 15 is 0 Å². The topological polar surface area (TPSA) is 41.6 Å². The van der Waals surface area contributed by atoms with E-state index in [2.05, 4.69) is 43.4 Å². The highest BCUT2D eigenvalue weighted by atomic mass is 16.5. The van der Waals surface area contributed by atoms with Gasteiger partial charge in [-0.3, -0.25) is 4.79 Å². The fraction of sp³-hybridized carbons (Fsp3) is 0.588. The maximum Gasteiger partial charge on any atom is 0.225 e. The van der Waals surface area contributed by atoms with E-state index in [4.69, 9.17) is 4.74 Å². The van der Waals surface area contributed by atoms with Crippen molar-refractivity contribution < 1.29 is 9.53 Å². The molecule has 0 saturated carbocycles. The molecule has 1 aromatic carbocycles. The van der Waals surface area contributed by atoms with E-state index in [1.807, 2.05) is 11.0 Å². The SMILES string of the molecule is COCCC(=O)N1CC(Cc2ccccc2)NCC1(C)C. The van der Waals surface area contributed by atoms with Crippen molar-refractivity contribution in [3.05, 3.63) is 35.9 Å². The largest absolute Gasteiger partial charge is 0.384 e. The van der Waals surface area contributed by atoms with Crippen LogP contribution in [0.3, 0.4) is 0 Å². The highest BCUT2D eigenvalue weighted by molar-refractivity contribution is 5.77. The van der Waals surface area contributed by atoms with Crippen molar-refractivity contribution in [3.63, 3.8) is 0 Å². The summed E-state index contributed by atoms with van der Waals surface area (Å²) >= 11 is 0. The van der Waals surface area contributed by atoms with Gasteiger partial charge in [0, 0.05) is 31.8 Å². The molecule has 1 N–H and O–H groups in total. The smallest absolute Gasteiger partial charge is 0.225 e. The molecule has 21 heavy (non-hydrogen) atoms. The molecule has 2 rings (SSSR count). The van der Waals surface area contributed by atoms with Gasteiger partial charge in [0.25, 0.3) is 0 Å². The number of carbonyl (C=O) groups is 1. The Bertz CT molecular complexity index is 459. The summed E-state index contributed by atoms with van der Waals surface area (Å²) in [6.45, 7) is 6.29. The van der Waals surface area contributed by atoms with Crippen molar-refractivity contribution >= 4 is 5.91 Å². The fourth-order valence-electron chi connectivity index (χ4n) is 2.82. The van der Waals surface area contributed by atoms with E-state index in [9.17, 15) is 4.79 Å². The predicted octanol–water partition coefficient (Wildman–Crippen LogP) is 1.84. The molecule has 4 heteroatoms. The number of nitrogens with one attached hydrogen (secondary N) is 1. The van der Waals surface area contributed by atoms with Gasteiger partial charge in [-0.1, -0.05) is 30.3 Å². The summed E-state index contributed by atoms with van der Waals surface area (Å²) in [5.41, 5.74) is 1.16. The van der Waals surface area contributed by atoms with Crippen LogP contribution in [-0.4, -0.2) is 49.2 Å². The van der Waals surface area contributed by atoms with Gasteiger partial charge >= 0.3 is 0 Å². The summed E-state index contributed by atoms with van der Waals surface area (Å²) in [5, 5.41) is 3.57. The van der Waals surface area contributed by atoms with E-state index in [0.717, 1.165) is 19.5 Å². The molecule has 0 bridgehead atoms. The van der Waals surface area contributed by atoms with Crippen molar-refractivity contribution in [1.29, 1.82) is 0 Å². The summed E-state index contributed by atoms with van der Waals surface area (Å²) in [6, 6.07) is 10.7. The zero-order valence-corrected chi connectivity index (χ0v) is 13.3. The first-order valence-corrected chi connectivity index (χ1v) is 7.59. The Balaban J connectivity index is 2.00. The predicted molar refractivity (Wildman–Crippen MR) is 84.2 cm³/mol. The van der Waals surface area contributed by atoms with Crippen LogP contribution in [0.2, 0.25) is 0 Å². The summed E-state index contributed by atoms with van der Waals surface area (Å²) in [6.07, 6.45) is 1.41. The van der Waals surface area contributed by atoms with Gasteiger partial charge in [-0.15, -0.1) is 0 Å². The van der Waals surface area contributed by atoms with Gasteiger partial charge in [-0.25, -0.2) is 0 Å². The third kappa shape index (κ3) is 4.29. The molecular formula is C17H26N2O2. The van der Waals surface area contributed by atoms with E-state index < -0.39 is 0 Å². The highest BCUT2D eigenvalue weighted by Crippen LogP contribution is 2.21. The Labute approximate surface area is 127 Å². The van der Waals surface area contributed by atoms with Gasteiger partial charge in [0.05, 0.1) is 13.0 Å². The second-order valence-corrected chi connectivity index (χ2v) is 6.33. The number of hydrogen-bond acceptors (Lipinski definition) is 3. The zero-order chi connectivity index (χ0) is 15.3. The first kappa shape index (κ1) is 16.0. The third-order valence-corrected chi connectivity index (χ3v) is 4.10. The second-order valence-electron chi connectivity index (χ2n) is 6.33. The maximum absolute atomic E-state index is 12.4. The molecule has 1 saturated heterocycles. The Morgan fingerprint density at radius 1 is 1.38 bits per heavy atom. The number of hydrogen-bond donors (Lipinski definition) is 1. The van der Waals surface area contributed by atoms with Crippen LogP contribution < -0.4 is 5.32 Å². The van der Waals surface area contributed by atoms with Crippen LogP contribution in [0.15, 0.2) is 30.3 Å². The molecule has 4 nitrogen and oxygen atoms in total. The quantitative estimate of drug-likeness (QED) is 0.900. The Hall–Kier alpha value is -1.39. The molecule has 1 heterocycles. The lowest BCUT2D eigenvalue weighted by atomic mass is 9.94. The number of methoxy groups -OCH3 is 1. The van der Waals surface area contributed by atoms with Gasteiger partial charge < -0.3 is 15.0 Å². The van der Waals surface area contributed by atoms with Crippen LogP contribution in [-0.2, 0) is 16.0 Å². The normalized spacial score (nSPS) is 21.3. The van der Waals surface area contributed by atoms with Crippen LogP contribution in [0.1, 0.15) is 25.8 Å². The maximum atomic E-state index is 12.4. The van der Waals surface area contributed by atoms with Gasteiger partial charge in [-0.2, -0.15) is 0 Å². The van der Waals surface area contributed by atoms with Crippen molar-refractivity contribution in [3.8, 4) is 0 Å². The Morgan fingerprint density at radius 2 is 2.10 bits per heavy atom. The summed E-state index contributed by atoms with van der Waals surface area (Å²) in [4.78, 5) is 14.4. The molecule has 1 aliphatic heterocycles. The molecule has 0 aromatic heterocycles. The molecule has 1 aliphatic rings. The highest BCUT2D eigenvalue weighted by Gasteiger charge is 2.36. The summed E-state index contributed by atoms with van der Waals surface area (Å²) in [5.74, 6) is 0.182. The number of benzene rings is 1. The standard InChI is InChI=1S/C17H26N2O2/c1-17(2)13-18-15(11-14-7-5-4-6-8-14)12-19(17)16(20)9-10-21-3/h4-8,15,18H,9-13H2,1-3H3. The van der Waals surface area contributed by atoms with E-state index in [1.54, 1.807) is 7.11 Å². The first-order valence-electron chi connectivity index (χ1n) is 7.59. The lowest BCUT2D eigenvalue weighted by Gasteiger charge is -2.46. The number of carbonyl (C=O) groups excluding carboxylic acids is 1. The molecule has 0 radical (unpaired) electrons. The monoisotopic (exact) mass is 290 g/mol. The number of piperazine rings is 1. The first-order chi connectivity index (χ1) is 10.0. The van der Waals surface area contributed by atoms with Crippen LogP contribution in [0.5, 0.6) is 0 Å². The second kappa shape index (κ2) is 7.05. The minimum absolute atomic E-state index is 0.141. The molecule has 1 fully saturated rings. The molecule has 0 aliphatic carbocycles. The number of rotatable bonds is 5. The Kier molecular flexibility index (Phi) is 5.37. The number of amides is 1. The van der Waals surface area contributed by atoms with Crippen molar-refractivity contribution in [2.45, 2.75) is 38.3 Å². The molecule has 1 unspecified atom stereocenters. The lowest BCUT2D eigenvalue weighted by Crippen LogP contribution is -2.64. The van der Waals surface area contributed by atoms with Crippen LogP contribution >= 0.6 is 0 Å². The lowest BCUT2D eigenvalue weighted by molar-refractivity contribution is -0.139. The number of nitrogens with zero attached hydrogens (tertiary/aromatic N) is 1. The summed E-state index contributed by atoms with van der Waals surface area (Å²) in [7, 11) is 1.63. The summed E-state index contributed by atoms with van der Waals surface area (Å²) < 4.78 is 5.03. The zero-order valence-electron chi connectivity index (χ0n) is 13.3. The molecule has 1 amide bonds. The third-order valence-electron chi connectivity index (χ3n) is 4.10. The molecule has 116 valence electrons. The minimum Gasteiger partial charge on any atom is -0.384 e. The molecule has 1 atom stereocenters. The van der Waals surface area contributed by atoms with Crippen molar-refractivity contribution in [2.24, 2.45) is 0 Å². The van der Waals surface area contributed by atoms with Gasteiger partial charge in [0.2, 0.25) is 5.91 Å². The number of ether oxygens (including phenoxy) is 1. The van der Waals surface area contributed by atoms with Crippen LogP contribution in [0, 0.1) is 0 Å². The molecule has 1 aromatic rings. The van der Waals surface area contributed by atoms with Gasteiger partial charge in [-0.05, 0) is 25.8 Å². The van der Waals surface area contributed by atoms with Crippen molar-refractivity contribution in [2.75, 3.05) is 26.8 Å². The molecule has 0 spiro atoms. The van der Waals surface area contributed by atoms with Crippen molar-refractivity contribution in [1.82, 2.24) is 10.2 Å². The average molecular weight is 290 g/mol. The van der Waals surface area contributed by atoms with E-state index in [1.165, 1.54) is 5.56 Å². The Morgan fingerprint density at radius 3 is 2.76 bits per heavy atom.